The van der Waals surface area contributed by atoms with Gasteiger partial charge < -0.3 is 19.3 Å². The molecule has 1 aromatic carbocycles. The van der Waals surface area contributed by atoms with Crippen LogP contribution in [-0.2, 0) is 19.0 Å². The number of esters is 1. The van der Waals surface area contributed by atoms with Crippen LogP contribution in [0.3, 0.4) is 0 Å². The SMILES string of the molecule is CC1(C)CCC[C@@]2(C)[C@H]1[C@H](OC(=O)c1ccccc1)C=C(C=O)[C@]2(O)C1OCCO1. The zero-order chi connectivity index (χ0) is 21.6. The molecule has 2 fully saturated rings. The first kappa shape index (κ1) is 21.2. The number of benzene rings is 1. The molecule has 2 aliphatic carbocycles. The van der Waals surface area contributed by atoms with Crippen LogP contribution >= 0.6 is 0 Å². The van der Waals surface area contributed by atoms with Crippen molar-refractivity contribution < 1.29 is 28.9 Å². The molecular weight excluding hydrogens is 384 g/mol. The van der Waals surface area contributed by atoms with E-state index >= 15 is 0 Å². The van der Waals surface area contributed by atoms with E-state index in [9.17, 15) is 14.7 Å². The maximum absolute atomic E-state index is 12.9. The minimum atomic E-state index is -1.61. The topological polar surface area (TPSA) is 82.1 Å². The van der Waals surface area contributed by atoms with Gasteiger partial charge in [0.2, 0.25) is 0 Å². The van der Waals surface area contributed by atoms with Crippen molar-refractivity contribution in [3.63, 3.8) is 0 Å². The van der Waals surface area contributed by atoms with Crippen LogP contribution in [0.2, 0.25) is 0 Å². The highest BCUT2D eigenvalue weighted by Gasteiger charge is 2.67. The number of ether oxygens (including phenoxy) is 3. The molecule has 1 N–H and O–H groups in total. The van der Waals surface area contributed by atoms with Crippen molar-refractivity contribution in [1.82, 2.24) is 0 Å². The van der Waals surface area contributed by atoms with Gasteiger partial charge in [-0.25, -0.2) is 4.79 Å². The van der Waals surface area contributed by atoms with E-state index in [4.69, 9.17) is 14.2 Å². The number of carbonyl (C=O) groups excluding carboxylic acids is 2. The number of fused-ring (bicyclic) bond motifs is 1. The highest BCUT2D eigenvalue weighted by molar-refractivity contribution is 5.89. The molecule has 0 unspecified atom stereocenters. The fourth-order valence-electron chi connectivity index (χ4n) is 6.05. The Hall–Kier alpha value is -2.02. The molecule has 1 aliphatic heterocycles. The zero-order valence-electron chi connectivity index (χ0n) is 17.8. The number of hydrogen-bond acceptors (Lipinski definition) is 6. The van der Waals surface area contributed by atoms with Gasteiger partial charge in [0.05, 0.1) is 18.8 Å². The molecule has 1 aromatic rings. The summed E-state index contributed by atoms with van der Waals surface area (Å²) in [6, 6.07) is 8.82. The molecular formula is C24H30O6. The highest BCUT2D eigenvalue weighted by atomic mass is 16.7. The predicted molar refractivity (Wildman–Crippen MR) is 110 cm³/mol. The maximum Gasteiger partial charge on any atom is 0.338 e. The predicted octanol–water partition coefficient (Wildman–Crippen LogP) is 3.29. The standard InChI is InChI=1S/C24H30O6/c1-22(2)10-7-11-23(3)19(22)18(30-20(26)16-8-5-4-6-9-16)14-17(15-25)24(23,27)21-28-12-13-29-21/h4-6,8-9,14-15,18-19,21,27H,7,10-13H2,1-3H3/t18-,19+,23+,24+/m1/s1. The Balaban J connectivity index is 1.80. The van der Waals surface area contributed by atoms with E-state index in [1.165, 1.54) is 0 Å². The summed E-state index contributed by atoms with van der Waals surface area (Å²) >= 11 is 0. The Bertz CT molecular complexity index is 841. The lowest BCUT2D eigenvalue weighted by Crippen LogP contribution is -2.68. The summed E-state index contributed by atoms with van der Waals surface area (Å²) < 4.78 is 17.4. The van der Waals surface area contributed by atoms with Gasteiger partial charge in [0, 0.05) is 16.9 Å². The van der Waals surface area contributed by atoms with Gasteiger partial charge in [-0.3, -0.25) is 4.79 Å². The minimum absolute atomic E-state index is 0.164. The second-order valence-corrected chi connectivity index (χ2v) is 9.55. The summed E-state index contributed by atoms with van der Waals surface area (Å²) in [4.78, 5) is 25.0. The van der Waals surface area contributed by atoms with Crippen molar-refractivity contribution in [1.29, 1.82) is 0 Å². The quantitative estimate of drug-likeness (QED) is 0.601. The third-order valence-corrected chi connectivity index (χ3v) is 7.37. The van der Waals surface area contributed by atoms with E-state index in [2.05, 4.69) is 13.8 Å². The Kier molecular flexibility index (Phi) is 5.37. The molecule has 0 radical (unpaired) electrons. The number of carbonyl (C=O) groups is 2. The van der Waals surface area contributed by atoms with E-state index < -0.39 is 29.4 Å². The van der Waals surface area contributed by atoms with Crippen molar-refractivity contribution in [3.05, 3.63) is 47.5 Å². The molecule has 0 bridgehead atoms. The van der Waals surface area contributed by atoms with Crippen molar-refractivity contribution in [2.24, 2.45) is 16.7 Å². The van der Waals surface area contributed by atoms with Gasteiger partial charge in [0.25, 0.3) is 0 Å². The van der Waals surface area contributed by atoms with E-state index in [1.54, 1.807) is 30.3 Å². The second-order valence-electron chi connectivity index (χ2n) is 9.55. The van der Waals surface area contributed by atoms with Crippen molar-refractivity contribution in [2.45, 2.75) is 58.0 Å². The lowest BCUT2D eigenvalue weighted by Gasteiger charge is -2.61. The van der Waals surface area contributed by atoms with Crippen molar-refractivity contribution in [2.75, 3.05) is 13.2 Å². The molecule has 3 aliphatic rings. The normalized spacial score (nSPS) is 35.9. The summed E-state index contributed by atoms with van der Waals surface area (Å²) in [6.45, 7) is 6.98. The number of aldehydes is 1. The highest BCUT2D eigenvalue weighted by Crippen LogP contribution is 2.63. The maximum atomic E-state index is 12.9. The summed E-state index contributed by atoms with van der Waals surface area (Å²) in [5.74, 6) is -0.655. The van der Waals surface area contributed by atoms with Gasteiger partial charge in [0.15, 0.2) is 6.29 Å². The number of aliphatic hydroxyl groups is 1. The fourth-order valence-corrected chi connectivity index (χ4v) is 6.05. The van der Waals surface area contributed by atoms with Gasteiger partial charge in [-0.2, -0.15) is 0 Å². The smallest absolute Gasteiger partial charge is 0.338 e. The monoisotopic (exact) mass is 414 g/mol. The van der Waals surface area contributed by atoms with Gasteiger partial charge >= 0.3 is 5.97 Å². The largest absolute Gasteiger partial charge is 0.454 e. The Morgan fingerprint density at radius 3 is 2.43 bits per heavy atom. The van der Waals surface area contributed by atoms with Gasteiger partial charge in [-0.05, 0) is 36.5 Å². The van der Waals surface area contributed by atoms with E-state index in [-0.39, 0.29) is 16.9 Å². The molecule has 6 nitrogen and oxygen atoms in total. The molecule has 4 atom stereocenters. The lowest BCUT2D eigenvalue weighted by molar-refractivity contribution is -0.256. The molecule has 4 rings (SSSR count). The number of hydrogen-bond donors (Lipinski definition) is 1. The van der Waals surface area contributed by atoms with Crippen LogP contribution in [0.15, 0.2) is 42.0 Å². The molecule has 0 aromatic heterocycles. The van der Waals surface area contributed by atoms with Crippen LogP contribution < -0.4 is 0 Å². The zero-order valence-corrected chi connectivity index (χ0v) is 17.8. The van der Waals surface area contributed by atoms with E-state index in [0.717, 1.165) is 12.8 Å². The molecule has 6 heteroatoms. The molecule has 1 heterocycles. The molecule has 1 saturated carbocycles. The second kappa shape index (κ2) is 7.59. The van der Waals surface area contributed by atoms with Crippen molar-refractivity contribution in [3.8, 4) is 0 Å². The first-order valence-corrected chi connectivity index (χ1v) is 10.6. The molecule has 1 saturated heterocycles. The van der Waals surface area contributed by atoms with Gasteiger partial charge in [-0.15, -0.1) is 0 Å². The van der Waals surface area contributed by atoms with Crippen LogP contribution in [0.5, 0.6) is 0 Å². The third-order valence-electron chi connectivity index (χ3n) is 7.37. The first-order chi connectivity index (χ1) is 14.2. The molecule has 162 valence electrons. The molecule has 0 amide bonds. The van der Waals surface area contributed by atoms with Crippen LogP contribution in [0.25, 0.3) is 0 Å². The van der Waals surface area contributed by atoms with Crippen LogP contribution in [0.4, 0.5) is 0 Å². The molecule has 0 spiro atoms. The van der Waals surface area contributed by atoms with Gasteiger partial charge in [-0.1, -0.05) is 45.4 Å². The average Bonchev–Trinajstić information content (AvgIpc) is 3.25. The van der Waals surface area contributed by atoms with E-state index in [1.807, 2.05) is 13.0 Å². The van der Waals surface area contributed by atoms with Crippen LogP contribution in [0, 0.1) is 16.7 Å². The minimum Gasteiger partial charge on any atom is -0.454 e. The Labute approximate surface area is 177 Å². The Morgan fingerprint density at radius 2 is 1.80 bits per heavy atom. The summed E-state index contributed by atoms with van der Waals surface area (Å²) in [5, 5.41) is 12.0. The first-order valence-electron chi connectivity index (χ1n) is 10.6. The van der Waals surface area contributed by atoms with Crippen LogP contribution in [0.1, 0.15) is 50.4 Å². The van der Waals surface area contributed by atoms with E-state index in [0.29, 0.717) is 31.5 Å². The van der Waals surface area contributed by atoms with Crippen molar-refractivity contribution >= 4 is 12.3 Å². The summed E-state index contributed by atoms with van der Waals surface area (Å²) in [7, 11) is 0. The average molecular weight is 414 g/mol. The summed E-state index contributed by atoms with van der Waals surface area (Å²) in [5.41, 5.74) is -1.99. The number of rotatable bonds is 4. The lowest BCUT2D eigenvalue weighted by atomic mass is 9.46. The third kappa shape index (κ3) is 3.13. The fraction of sp³-hybridized carbons (Fsp3) is 0.583. The molecule has 30 heavy (non-hydrogen) atoms. The van der Waals surface area contributed by atoms with Gasteiger partial charge in [0.1, 0.15) is 18.0 Å². The summed E-state index contributed by atoms with van der Waals surface area (Å²) in [6.07, 6.45) is 3.20. The van der Waals surface area contributed by atoms with Crippen LogP contribution in [-0.4, -0.2) is 48.6 Å². The Morgan fingerprint density at radius 1 is 1.13 bits per heavy atom.